The average Bonchev–Trinajstić information content (AvgIpc) is 2.63. The zero-order valence-electron chi connectivity index (χ0n) is 9.28. The van der Waals surface area contributed by atoms with E-state index < -0.39 is 5.97 Å². The molecule has 1 aromatic rings. The van der Waals surface area contributed by atoms with Gasteiger partial charge in [0.2, 0.25) is 0 Å². The first-order chi connectivity index (χ1) is 7.19. The van der Waals surface area contributed by atoms with Crippen LogP contribution in [0.3, 0.4) is 0 Å². The minimum atomic E-state index is -0.562. The highest BCUT2D eigenvalue weighted by Crippen LogP contribution is 2.13. The monoisotopic (exact) mass is 234 g/mol. The summed E-state index contributed by atoms with van der Waals surface area (Å²) in [7, 11) is 0. The predicted molar refractivity (Wildman–Crippen MR) is 58.4 cm³/mol. The molecule has 0 aliphatic rings. The SMILES string of the molecule is CC.CCOC(=O)c1cc(C)nn1SF. The number of hydrogen-bond donors (Lipinski definition) is 0. The van der Waals surface area contributed by atoms with Crippen LogP contribution < -0.4 is 0 Å². The number of hydrogen-bond acceptors (Lipinski definition) is 4. The zero-order valence-corrected chi connectivity index (χ0v) is 10.1. The van der Waals surface area contributed by atoms with Crippen LogP contribution >= 0.6 is 12.3 Å². The quantitative estimate of drug-likeness (QED) is 0.754. The minimum Gasteiger partial charge on any atom is -0.461 e. The predicted octanol–water partition coefficient (Wildman–Crippen LogP) is 2.78. The smallest absolute Gasteiger partial charge is 0.357 e. The molecule has 0 aliphatic heterocycles. The van der Waals surface area contributed by atoms with E-state index in [4.69, 9.17) is 4.74 Å². The van der Waals surface area contributed by atoms with E-state index in [9.17, 15) is 8.68 Å². The standard InChI is InChI=1S/C7H9FN2O2S.C2H6/c1-3-12-7(11)6-4-5(2)9-10(6)13-8;1-2/h4H,3H2,1-2H3;1-2H3. The summed E-state index contributed by atoms with van der Waals surface area (Å²) in [5, 5.41) is 3.74. The fourth-order valence-electron chi connectivity index (χ4n) is 0.874. The van der Waals surface area contributed by atoms with Crippen LogP contribution in [0.5, 0.6) is 0 Å². The maximum Gasteiger partial charge on any atom is 0.357 e. The van der Waals surface area contributed by atoms with Gasteiger partial charge in [-0.1, -0.05) is 13.8 Å². The number of rotatable bonds is 3. The summed E-state index contributed by atoms with van der Waals surface area (Å²) >= 11 is -0.125. The molecule has 1 rings (SSSR count). The summed E-state index contributed by atoms with van der Waals surface area (Å²) in [5.41, 5.74) is 0.694. The van der Waals surface area contributed by atoms with Gasteiger partial charge in [0.25, 0.3) is 0 Å². The van der Waals surface area contributed by atoms with E-state index in [1.165, 1.54) is 6.07 Å². The van der Waals surface area contributed by atoms with Crippen LogP contribution in [-0.2, 0) is 4.74 Å². The van der Waals surface area contributed by atoms with E-state index in [0.717, 1.165) is 4.09 Å². The van der Waals surface area contributed by atoms with Crippen molar-refractivity contribution in [2.24, 2.45) is 0 Å². The van der Waals surface area contributed by atoms with E-state index in [-0.39, 0.29) is 24.6 Å². The molecule has 0 saturated heterocycles. The van der Waals surface area contributed by atoms with E-state index in [2.05, 4.69) is 5.10 Å². The van der Waals surface area contributed by atoms with Crippen molar-refractivity contribution < 1.29 is 13.4 Å². The third kappa shape index (κ3) is 3.91. The van der Waals surface area contributed by atoms with Crippen molar-refractivity contribution in [2.45, 2.75) is 27.7 Å². The van der Waals surface area contributed by atoms with E-state index >= 15 is 0 Å². The molecule has 0 atom stereocenters. The van der Waals surface area contributed by atoms with Crippen LogP contribution in [0, 0.1) is 6.92 Å². The molecular weight excluding hydrogens is 219 g/mol. The van der Waals surface area contributed by atoms with E-state index in [1.54, 1.807) is 13.8 Å². The molecule has 0 saturated carbocycles. The van der Waals surface area contributed by atoms with Gasteiger partial charge in [0.05, 0.1) is 12.3 Å². The molecular formula is C9H15FN2O2S. The maximum absolute atomic E-state index is 12.2. The summed E-state index contributed by atoms with van der Waals surface area (Å²) in [4.78, 5) is 11.2. The fourth-order valence-corrected chi connectivity index (χ4v) is 1.23. The van der Waals surface area contributed by atoms with Crippen molar-refractivity contribution in [1.82, 2.24) is 9.19 Å². The Morgan fingerprint density at radius 3 is 2.73 bits per heavy atom. The van der Waals surface area contributed by atoms with Gasteiger partial charge < -0.3 is 4.74 Å². The highest BCUT2D eigenvalue weighted by atomic mass is 32.2. The highest BCUT2D eigenvalue weighted by Gasteiger charge is 2.15. The molecule has 15 heavy (non-hydrogen) atoms. The molecule has 0 aliphatic carbocycles. The molecule has 6 heteroatoms. The van der Waals surface area contributed by atoms with Gasteiger partial charge in [0.1, 0.15) is 0 Å². The molecule has 0 unspecified atom stereocenters. The van der Waals surface area contributed by atoms with Crippen LogP contribution in [0.4, 0.5) is 3.89 Å². The largest absolute Gasteiger partial charge is 0.461 e. The Balaban J connectivity index is 0.000000921. The van der Waals surface area contributed by atoms with Gasteiger partial charge >= 0.3 is 5.97 Å². The van der Waals surface area contributed by atoms with E-state index in [1.807, 2.05) is 13.8 Å². The number of carbonyl (C=O) groups is 1. The Kier molecular flexibility index (Phi) is 6.77. The molecule has 0 aromatic carbocycles. The molecule has 0 N–H and O–H groups in total. The molecule has 0 radical (unpaired) electrons. The van der Waals surface area contributed by atoms with E-state index in [0.29, 0.717) is 5.69 Å². The summed E-state index contributed by atoms with van der Waals surface area (Å²) in [6.07, 6.45) is 0. The number of nitrogens with zero attached hydrogens (tertiary/aromatic N) is 2. The van der Waals surface area contributed by atoms with Crippen molar-refractivity contribution in [3.63, 3.8) is 0 Å². The van der Waals surface area contributed by atoms with Gasteiger partial charge in [-0.05, 0) is 19.9 Å². The van der Waals surface area contributed by atoms with Gasteiger partial charge in [-0.3, -0.25) is 0 Å². The first-order valence-electron chi connectivity index (χ1n) is 4.72. The minimum absolute atomic E-state index is 0.117. The Morgan fingerprint density at radius 2 is 2.27 bits per heavy atom. The number of ether oxygens (including phenoxy) is 1. The van der Waals surface area contributed by atoms with Crippen LogP contribution in [-0.4, -0.2) is 21.8 Å². The van der Waals surface area contributed by atoms with Crippen LogP contribution in [0.25, 0.3) is 0 Å². The molecule has 4 nitrogen and oxygen atoms in total. The lowest BCUT2D eigenvalue weighted by molar-refractivity contribution is 0.0517. The molecule has 86 valence electrons. The summed E-state index contributed by atoms with van der Waals surface area (Å²) < 4.78 is 17.8. The second-order valence-electron chi connectivity index (χ2n) is 2.33. The second kappa shape index (κ2) is 7.28. The Labute approximate surface area is 93.2 Å². The fraction of sp³-hybridized carbons (Fsp3) is 0.556. The van der Waals surface area contributed by atoms with Crippen molar-refractivity contribution in [3.05, 3.63) is 17.5 Å². The zero-order chi connectivity index (χ0) is 11.8. The average molecular weight is 234 g/mol. The first-order valence-corrected chi connectivity index (χ1v) is 5.39. The molecule has 0 amide bonds. The third-order valence-electron chi connectivity index (χ3n) is 1.35. The lowest BCUT2D eigenvalue weighted by atomic mass is 10.4. The highest BCUT2D eigenvalue weighted by molar-refractivity contribution is 7.92. The Hall–Kier alpha value is -1.04. The summed E-state index contributed by atoms with van der Waals surface area (Å²) in [6.45, 7) is 7.63. The normalized spacial score (nSPS) is 9.13. The first kappa shape index (κ1) is 14.0. The van der Waals surface area contributed by atoms with Gasteiger partial charge in [0.15, 0.2) is 18.0 Å². The second-order valence-corrected chi connectivity index (χ2v) is 2.82. The number of halogens is 1. The molecule has 1 aromatic heterocycles. The number of aryl methyl sites for hydroxylation is 1. The van der Waals surface area contributed by atoms with Crippen LogP contribution in [0.15, 0.2) is 6.07 Å². The Morgan fingerprint density at radius 1 is 1.67 bits per heavy atom. The number of carbonyl (C=O) groups excluding carboxylic acids is 1. The lowest BCUT2D eigenvalue weighted by Gasteiger charge is -2.00. The van der Waals surface area contributed by atoms with Crippen molar-refractivity contribution in [2.75, 3.05) is 6.61 Å². The van der Waals surface area contributed by atoms with Gasteiger partial charge in [-0.15, -0.1) is 3.89 Å². The van der Waals surface area contributed by atoms with Crippen molar-refractivity contribution in [1.29, 1.82) is 0 Å². The Bertz CT molecular complexity index is 315. The maximum atomic E-state index is 12.2. The van der Waals surface area contributed by atoms with Gasteiger partial charge in [-0.25, -0.2) is 4.79 Å². The van der Waals surface area contributed by atoms with Crippen molar-refractivity contribution in [3.8, 4) is 0 Å². The topological polar surface area (TPSA) is 44.1 Å². The summed E-state index contributed by atoms with van der Waals surface area (Å²) in [5.74, 6) is -0.562. The van der Waals surface area contributed by atoms with Gasteiger partial charge in [0, 0.05) is 0 Å². The number of aromatic nitrogens is 2. The molecule has 0 spiro atoms. The van der Waals surface area contributed by atoms with Gasteiger partial charge in [-0.2, -0.15) is 9.19 Å². The lowest BCUT2D eigenvalue weighted by Crippen LogP contribution is -2.08. The van der Waals surface area contributed by atoms with Crippen molar-refractivity contribution >= 4 is 18.3 Å². The van der Waals surface area contributed by atoms with Crippen LogP contribution in [0.2, 0.25) is 0 Å². The molecule has 0 bridgehead atoms. The summed E-state index contributed by atoms with van der Waals surface area (Å²) in [6, 6.07) is 1.48. The van der Waals surface area contributed by atoms with Crippen LogP contribution in [0.1, 0.15) is 37.0 Å². The number of esters is 1. The third-order valence-corrected chi connectivity index (χ3v) is 1.76. The molecule has 0 fully saturated rings. The molecule has 1 heterocycles.